The Morgan fingerprint density at radius 1 is 1.39 bits per heavy atom. The zero-order chi connectivity index (χ0) is 12.5. The summed E-state index contributed by atoms with van der Waals surface area (Å²) in [5.41, 5.74) is 3.94. The van der Waals surface area contributed by atoms with E-state index in [0.29, 0.717) is 6.10 Å². The first-order valence-corrected chi connectivity index (χ1v) is 6.78. The summed E-state index contributed by atoms with van der Waals surface area (Å²) in [6.45, 7) is 6.26. The van der Waals surface area contributed by atoms with Gasteiger partial charge in [0.2, 0.25) is 0 Å². The summed E-state index contributed by atoms with van der Waals surface area (Å²) < 4.78 is 8.22. The van der Waals surface area contributed by atoms with E-state index in [-0.39, 0.29) is 0 Å². The monoisotopic (exact) mass is 244 g/mol. The molecular weight excluding hydrogens is 224 g/mol. The van der Waals surface area contributed by atoms with Crippen LogP contribution in [0, 0.1) is 13.8 Å². The fourth-order valence-corrected chi connectivity index (χ4v) is 2.89. The van der Waals surface area contributed by atoms with Crippen LogP contribution in [0.15, 0.2) is 18.5 Å². The summed E-state index contributed by atoms with van der Waals surface area (Å²) in [4.78, 5) is 4.26. The summed E-state index contributed by atoms with van der Waals surface area (Å²) >= 11 is 0. The minimum Gasteiger partial charge on any atom is -0.376 e. The van der Waals surface area contributed by atoms with Gasteiger partial charge in [0.15, 0.2) is 0 Å². The van der Waals surface area contributed by atoms with Crippen LogP contribution in [0.4, 0.5) is 0 Å². The molecule has 0 aliphatic carbocycles. The number of aromatic nitrogens is 2. The summed E-state index contributed by atoms with van der Waals surface area (Å²) in [6.07, 6.45) is 7.89. The average Bonchev–Trinajstić information content (AvgIpc) is 2.66. The number of nitrogens with zero attached hydrogens (tertiary/aromatic N) is 2. The smallest absolute Gasteiger partial charge is 0.0754 e. The number of aryl methyl sites for hydroxylation is 1. The number of hydrogen-bond donors (Lipinski definition) is 0. The van der Waals surface area contributed by atoms with Gasteiger partial charge in [0, 0.05) is 30.4 Å². The van der Waals surface area contributed by atoms with Crippen LogP contribution in [0.3, 0.4) is 0 Å². The maximum absolute atomic E-state index is 5.85. The van der Waals surface area contributed by atoms with Crippen molar-refractivity contribution in [3.63, 3.8) is 0 Å². The van der Waals surface area contributed by atoms with Gasteiger partial charge in [0.1, 0.15) is 0 Å². The Kier molecular flexibility index (Phi) is 3.08. The molecule has 0 aromatic carbocycles. The molecule has 0 amide bonds. The predicted molar refractivity (Wildman–Crippen MR) is 72.8 cm³/mol. The van der Waals surface area contributed by atoms with Gasteiger partial charge < -0.3 is 9.30 Å². The molecule has 3 heteroatoms. The van der Waals surface area contributed by atoms with E-state index in [1.54, 1.807) is 0 Å². The lowest BCUT2D eigenvalue weighted by Gasteiger charge is -2.24. The third kappa shape index (κ3) is 1.93. The molecule has 2 aromatic heterocycles. The van der Waals surface area contributed by atoms with Crippen molar-refractivity contribution in [1.82, 2.24) is 9.55 Å². The second-order valence-corrected chi connectivity index (χ2v) is 5.20. The number of fused-ring (bicyclic) bond motifs is 1. The van der Waals surface area contributed by atoms with Gasteiger partial charge >= 0.3 is 0 Å². The van der Waals surface area contributed by atoms with E-state index in [1.807, 2.05) is 12.4 Å². The number of pyridine rings is 1. The molecule has 1 saturated heterocycles. The summed E-state index contributed by atoms with van der Waals surface area (Å²) in [5.74, 6) is 0. The van der Waals surface area contributed by atoms with Crippen molar-refractivity contribution in [1.29, 1.82) is 0 Å². The standard InChI is InChI=1S/C15H20N2O/c1-11-12(2)17(10-13-5-3-4-8-18-13)15-9-16-7-6-14(11)15/h6-7,9,13H,3-5,8,10H2,1-2H3. The van der Waals surface area contributed by atoms with Crippen LogP contribution in [-0.2, 0) is 11.3 Å². The lowest BCUT2D eigenvalue weighted by molar-refractivity contribution is 0.00640. The molecule has 2 aromatic rings. The van der Waals surface area contributed by atoms with E-state index in [2.05, 4.69) is 29.5 Å². The fourth-order valence-electron chi connectivity index (χ4n) is 2.89. The maximum atomic E-state index is 5.85. The van der Waals surface area contributed by atoms with E-state index in [9.17, 15) is 0 Å². The highest BCUT2D eigenvalue weighted by atomic mass is 16.5. The van der Waals surface area contributed by atoms with Gasteiger partial charge in [-0.3, -0.25) is 4.98 Å². The summed E-state index contributed by atoms with van der Waals surface area (Å²) in [6, 6.07) is 2.11. The van der Waals surface area contributed by atoms with Crippen LogP contribution in [0.2, 0.25) is 0 Å². The molecule has 1 atom stereocenters. The Morgan fingerprint density at radius 3 is 3.06 bits per heavy atom. The Labute approximate surface area is 108 Å². The number of rotatable bonds is 2. The SMILES string of the molecule is Cc1c(C)n(CC2CCCCO2)c2cnccc12. The molecule has 1 aliphatic heterocycles. The van der Waals surface area contributed by atoms with E-state index in [0.717, 1.165) is 13.2 Å². The van der Waals surface area contributed by atoms with Crippen molar-refractivity contribution in [3.8, 4) is 0 Å². The molecule has 0 radical (unpaired) electrons. The number of hydrogen-bond acceptors (Lipinski definition) is 2. The molecule has 1 unspecified atom stereocenters. The first-order valence-electron chi connectivity index (χ1n) is 6.78. The van der Waals surface area contributed by atoms with Crippen LogP contribution in [0.1, 0.15) is 30.5 Å². The molecule has 3 rings (SSSR count). The molecule has 18 heavy (non-hydrogen) atoms. The van der Waals surface area contributed by atoms with Gasteiger partial charge in [-0.25, -0.2) is 0 Å². The summed E-state index contributed by atoms with van der Waals surface area (Å²) in [7, 11) is 0. The van der Waals surface area contributed by atoms with Crippen molar-refractivity contribution < 1.29 is 4.74 Å². The van der Waals surface area contributed by atoms with Crippen LogP contribution < -0.4 is 0 Å². The zero-order valence-corrected chi connectivity index (χ0v) is 11.1. The average molecular weight is 244 g/mol. The second-order valence-electron chi connectivity index (χ2n) is 5.20. The van der Waals surface area contributed by atoms with E-state index in [4.69, 9.17) is 4.74 Å². The highest BCUT2D eigenvalue weighted by molar-refractivity contribution is 5.84. The number of ether oxygens (including phenoxy) is 1. The molecule has 0 N–H and O–H groups in total. The Balaban J connectivity index is 1.97. The van der Waals surface area contributed by atoms with Gasteiger partial charge in [0.05, 0.1) is 17.8 Å². The quantitative estimate of drug-likeness (QED) is 0.811. The van der Waals surface area contributed by atoms with Crippen molar-refractivity contribution in [2.24, 2.45) is 0 Å². The molecule has 96 valence electrons. The van der Waals surface area contributed by atoms with E-state index >= 15 is 0 Å². The van der Waals surface area contributed by atoms with Gasteiger partial charge in [0.25, 0.3) is 0 Å². The first kappa shape index (κ1) is 11.7. The predicted octanol–water partition coefficient (Wildman–Crippen LogP) is 3.22. The van der Waals surface area contributed by atoms with Crippen LogP contribution in [0.25, 0.3) is 10.9 Å². The van der Waals surface area contributed by atoms with Crippen molar-refractivity contribution in [2.75, 3.05) is 6.61 Å². The molecule has 0 bridgehead atoms. The molecule has 1 fully saturated rings. The van der Waals surface area contributed by atoms with Crippen LogP contribution >= 0.6 is 0 Å². The molecule has 1 aliphatic rings. The molecule has 3 heterocycles. The highest BCUT2D eigenvalue weighted by Gasteiger charge is 2.18. The fraction of sp³-hybridized carbons (Fsp3) is 0.533. The van der Waals surface area contributed by atoms with Gasteiger partial charge in [-0.15, -0.1) is 0 Å². The van der Waals surface area contributed by atoms with Crippen molar-refractivity contribution in [2.45, 2.75) is 45.8 Å². The van der Waals surface area contributed by atoms with Crippen molar-refractivity contribution in [3.05, 3.63) is 29.7 Å². The van der Waals surface area contributed by atoms with Gasteiger partial charge in [-0.05, 0) is 44.7 Å². The van der Waals surface area contributed by atoms with E-state index < -0.39 is 0 Å². The zero-order valence-electron chi connectivity index (χ0n) is 11.1. The van der Waals surface area contributed by atoms with Gasteiger partial charge in [-0.1, -0.05) is 0 Å². The van der Waals surface area contributed by atoms with Gasteiger partial charge in [-0.2, -0.15) is 0 Å². The minimum atomic E-state index is 0.368. The normalized spacial score (nSPS) is 20.4. The maximum Gasteiger partial charge on any atom is 0.0754 e. The molecule has 0 spiro atoms. The third-order valence-electron chi connectivity index (χ3n) is 4.10. The lowest BCUT2D eigenvalue weighted by Crippen LogP contribution is -2.24. The summed E-state index contributed by atoms with van der Waals surface area (Å²) in [5, 5.41) is 1.32. The van der Waals surface area contributed by atoms with E-state index in [1.165, 1.54) is 41.4 Å². The third-order valence-corrected chi connectivity index (χ3v) is 4.10. The topological polar surface area (TPSA) is 27.1 Å². The van der Waals surface area contributed by atoms with Crippen LogP contribution in [0.5, 0.6) is 0 Å². The Hall–Kier alpha value is -1.35. The molecule has 3 nitrogen and oxygen atoms in total. The Morgan fingerprint density at radius 2 is 2.28 bits per heavy atom. The molecular formula is C15H20N2O. The largest absolute Gasteiger partial charge is 0.376 e. The molecule has 0 saturated carbocycles. The van der Waals surface area contributed by atoms with Crippen LogP contribution in [-0.4, -0.2) is 22.3 Å². The first-order chi connectivity index (χ1) is 8.77. The minimum absolute atomic E-state index is 0.368. The van der Waals surface area contributed by atoms with Crippen molar-refractivity contribution >= 4 is 10.9 Å². The second kappa shape index (κ2) is 4.73. The Bertz CT molecular complexity index is 553. The highest BCUT2D eigenvalue weighted by Crippen LogP contribution is 2.26. The lowest BCUT2D eigenvalue weighted by atomic mass is 10.1.